The van der Waals surface area contributed by atoms with Crippen LogP contribution in [0.25, 0.3) is 0 Å². The number of esters is 1. The third-order valence-electron chi connectivity index (χ3n) is 5.47. The largest absolute Gasteiger partial charge is 0.451 e. The number of Topliss-reactive ketones (excluding diaryl/α,β-unsaturated/α-hetero) is 1. The minimum absolute atomic E-state index is 0.172. The molecule has 0 amide bonds. The molecule has 30 heavy (non-hydrogen) atoms. The van der Waals surface area contributed by atoms with Crippen LogP contribution in [0, 0.1) is 0 Å². The summed E-state index contributed by atoms with van der Waals surface area (Å²) in [4.78, 5) is 25.0. The lowest BCUT2D eigenvalue weighted by molar-refractivity contribution is 0.0319. The van der Waals surface area contributed by atoms with E-state index >= 15 is 0 Å². The number of aryl methyl sites for hydroxylation is 2. The number of ether oxygens (including phenoxy) is 1. The standard InChI is InChI=1S/C27H36O3/c1-4-6-8-9-10-12-23-15-19-25(20-16-23)27(29)30-21(3)26(28)24-17-13-22(14-18-24)11-7-5-2/h13-21H,4-12H2,1-3H3. The number of ketones is 1. The number of rotatable bonds is 13. The van der Waals surface area contributed by atoms with Gasteiger partial charge in [0.25, 0.3) is 0 Å². The van der Waals surface area contributed by atoms with E-state index < -0.39 is 12.1 Å². The summed E-state index contributed by atoms with van der Waals surface area (Å²) in [6, 6.07) is 15.2. The van der Waals surface area contributed by atoms with Crippen LogP contribution in [-0.4, -0.2) is 17.9 Å². The van der Waals surface area contributed by atoms with Crippen LogP contribution in [0.15, 0.2) is 48.5 Å². The third-order valence-corrected chi connectivity index (χ3v) is 5.47. The van der Waals surface area contributed by atoms with Gasteiger partial charge in [0.05, 0.1) is 5.56 Å². The van der Waals surface area contributed by atoms with E-state index in [-0.39, 0.29) is 5.78 Å². The fourth-order valence-corrected chi connectivity index (χ4v) is 3.47. The predicted octanol–water partition coefficient (Wildman–Crippen LogP) is 6.97. The van der Waals surface area contributed by atoms with Gasteiger partial charge in [-0.1, -0.05) is 82.3 Å². The van der Waals surface area contributed by atoms with E-state index in [4.69, 9.17) is 4.74 Å². The lowest BCUT2D eigenvalue weighted by Gasteiger charge is -2.13. The fraction of sp³-hybridized carbons (Fsp3) is 0.481. The van der Waals surface area contributed by atoms with Crippen molar-refractivity contribution in [3.63, 3.8) is 0 Å². The smallest absolute Gasteiger partial charge is 0.338 e. The normalized spacial score (nSPS) is 11.8. The van der Waals surface area contributed by atoms with Gasteiger partial charge in [-0.2, -0.15) is 0 Å². The zero-order chi connectivity index (χ0) is 21.8. The van der Waals surface area contributed by atoms with E-state index in [2.05, 4.69) is 13.8 Å². The minimum Gasteiger partial charge on any atom is -0.451 e. The Morgan fingerprint density at radius 3 is 1.77 bits per heavy atom. The first-order chi connectivity index (χ1) is 14.5. The van der Waals surface area contributed by atoms with Crippen LogP contribution >= 0.6 is 0 Å². The van der Waals surface area contributed by atoms with E-state index in [1.165, 1.54) is 43.2 Å². The summed E-state index contributed by atoms with van der Waals surface area (Å²) in [5.41, 5.74) is 3.52. The molecule has 2 rings (SSSR count). The Morgan fingerprint density at radius 2 is 1.20 bits per heavy atom. The number of benzene rings is 2. The molecule has 0 heterocycles. The molecule has 0 saturated carbocycles. The first-order valence-electron chi connectivity index (χ1n) is 11.5. The average molecular weight is 409 g/mol. The van der Waals surface area contributed by atoms with Crippen LogP contribution in [0.1, 0.15) is 97.6 Å². The minimum atomic E-state index is -0.808. The lowest BCUT2D eigenvalue weighted by atomic mass is 10.0. The Morgan fingerprint density at radius 1 is 0.700 bits per heavy atom. The van der Waals surface area contributed by atoms with Crippen molar-refractivity contribution in [3.05, 3.63) is 70.8 Å². The molecule has 2 aromatic carbocycles. The van der Waals surface area contributed by atoms with Crippen molar-refractivity contribution in [1.29, 1.82) is 0 Å². The van der Waals surface area contributed by atoms with Crippen LogP contribution in [-0.2, 0) is 17.6 Å². The zero-order valence-corrected chi connectivity index (χ0v) is 18.8. The van der Waals surface area contributed by atoms with Crippen molar-refractivity contribution in [2.45, 2.75) is 84.7 Å². The summed E-state index contributed by atoms with van der Waals surface area (Å²) in [6.07, 6.45) is 9.78. The molecular formula is C27H36O3. The molecule has 0 aliphatic rings. The molecule has 1 atom stereocenters. The maximum absolute atomic E-state index is 12.6. The lowest BCUT2D eigenvalue weighted by Crippen LogP contribution is -2.24. The predicted molar refractivity (Wildman–Crippen MR) is 123 cm³/mol. The van der Waals surface area contributed by atoms with Crippen molar-refractivity contribution in [3.8, 4) is 0 Å². The molecule has 2 aromatic rings. The Hall–Kier alpha value is -2.42. The highest BCUT2D eigenvalue weighted by Gasteiger charge is 2.20. The molecule has 3 heteroatoms. The van der Waals surface area contributed by atoms with Gasteiger partial charge in [-0.05, 0) is 55.9 Å². The van der Waals surface area contributed by atoms with Gasteiger partial charge < -0.3 is 4.74 Å². The van der Waals surface area contributed by atoms with E-state index in [0.29, 0.717) is 11.1 Å². The van der Waals surface area contributed by atoms with Crippen molar-refractivity contribution in [1.82, 2.24) is 0 Å². The molecule has 0 bridgehead atoms. The van der Waals surface area contributed by atoms with Gasteiger partial charge in [0.15, 0.2) is 6.10 Å². The summed E-state index contributed by atoms with van der Waals surface area (Å²) in [5.74, 6) is -0.626. The van der Waals surface area contributed by atoms with Gasteiger partial charge in [0.2, 0.25) is 5.78 Å². The molecule has 0 aromatic heterocycles. The highest BCUT2D eigenvalue weighted by Crippen LogP contribution is 2.14. The second kappa shape index (κ2) is 13.0. The Kier molecular flexibility index (Phi) is 10.3. The number of unbranched alkanes of at least 4 members (excludes halogenated alkanes) is 5. The number of carbonyl (C=O) groups excluding carboxylic acids is 2. The summed E-state index contributed by atoms with van der Waals surface area (Å²) in [7, 11) is 0. The van der Waals surface area contributed by atoms with Crippen molar-refractivity contribution in [2.24, 2.45) is 0 Å². The summed E-state index contributed by atoms with van der Waals surface area (Å²) >= 11 is 0. The summed E-state index contributed by atoms with van der Waals surface area (Å²) < 4.78 is 5.42. The fourth-order valence-electron chi connectivity index (χ4n) is 3.47. The Labute approximate surface area is 181 Å². The molecule has 0 spiro atoms. The van der Waals surface area contributed by atoms with E-state index in [1.807, 2.05) is 36.4 Å². The van der Waals surface area contributed by atoms with Gasteiger partial charge in [-0.25, -0.2) is 4.79 Å². The molecule has 0 saturated heterocycles. The van der Waals surface area contributed by atoms with Crippen molar-refractivity contribution >= 4 is 11.8 Å². The van der Waals surface area contributed by atoms with Crippen LogP contribution in [0.5, 0.6) is 0 Å². The van der Waals surface area contributed by atoms with Gasteiger partial charge in [0, 0.05) is 5.56 Å². The molecule has 1 unspecified atom stereocenters. The third kappa shape index (κ3) is 7.78. The Balaban J connectivity index is 1.84. The average Bonchev–Trinajstić information content (AvgIpc) is 2.77. The van der Waals surface area contributed by atoms with E-state index in [9.17, 15) is 9.59 Å². The Bertz CT molecular complexity index is 775. The molecular weight excluding hydrogens is 372 g/mol. The maximum Gasteiger partial charge on any atom is 0.338 e. The molecule has 0 aliphatic heterocycles. The van der Waals surface area contributed by atoms with Crippen molar-refractivity contribution < 1.29 is 14.3 Å². The number of hydrogen-bond acceptors (Lipinski definition) is 3. The molecule has 0 radical (unpaired) electrons. The first kappa shape index (κ1) is 23.9. The SMILES string of the molecule is CCCCCCCc1ccc(C(=O)OC(C)C(=O)c2ccc(CCCC)cc2)cc1. The summed E-state index contributed by atoms with van der Waals surface area (Å²) in [5, 5.41) is 0. The monoisotopic (exact) mass is 408 g/mol. The van der Waals surface area contributed by atoms with Gasteiger partial charge in [0.1, 0.15) is 0 Å². The number of carbonyl (C=O) groups is 2. The molecule has 162 valence electrons. The van der Waals surface area contributed by atoms with E-state index in [0.717, 1.165) is 25.7 Å². The van der Waals surface area contributed by atoms with E-state index in [1.54, 1.807) is 19.1 Å². The molecule has 3 nitrogen and oxygen atoms in total. The van der Waals surface area contributed by atoms with Crippen LogP contribution in [0.2, 0.25) is 0 Å². The van der Waals surface area contributed by atoms with Gasteiger partial charge >= 0.3 is 5.97 Å². The van der Waals surface area contributed by atoms with Gasteiger partial charge in [-0.15, -0.1) is 0 Å². The molecule has 0 fully saturated rings. The highest BCUT2D eigenvalue weighted by molar-refractivity contribution is 6.01. The number of hydrogen-bond donors (Lipinski definition) is 0. The second-order valence-electron chi connectivity index (χ2n) is 8.07. The maximum atomic E-state index is 12.6. The van der Waals surface area contributed by atoms with Gasteiger partial charge in [-0.3, -0.25) is 4.79 Å². The molecule has 0 aliphatic carbocycles. The van der Waals surface area contributed by atoms with Crippen LogP contribution in [0.3, 0.4) is 0 Å². The highest BCUT2D eigenvalue weighted by atomic mass is 16.5. The second-order valence-corrected chi connectivity index (χ2v) is 8.07. The zero-order valence-electron chi connectivity index (χ0n) is 18.8. The van der Waals surface area contributed by atoms with Crippen LogP contribution in [0.4, 0.5) is 0 Å². The quantitative estimate of drug-likeness (QED) is 0.204. The first-order valence-corrected chi connectivity index (χ1v) is 11.5. The summed E-state index contributed by atoms with van der Waals surface area (Å²) in [6.45, 7) is 6.02. The van der Waals surface area contributed by atoms with Crippen LogP contribution < -0.4 is 0 Å². The topological polar surface area (TPSA) is 43.4 Å². The molecule has 0 N–H and O–H groups in total. The van der Waals surface area contributed by atoms with Crippen molar-refractivity contribution in [2.75, 3.05) is 0 Å².